The van der Waals surface area contributed by atoms with Crippen molar-refractivity contribution >= 4 is 29.5 Å². The Hall–Kier alpha value is -0.917. The van der Waals surface area contributed by atoms with Crippen LogP contribution in [0.25, 0.3) is 0 Å². The summed E-state index contributed by atoms with van der Waals surface area (Å²) in [5.41, 5.74) is 0. The summed E-state index contributed by atoms with van der Waals surface area (Å²) in [7, 11) is 0. The van der Waals surface area contributed by atoms with Crippen LogP contribution < -0.4 is 10.2 Å². The van der Waals surface area contributed by atoms with Gasteiger partial charge in [0.15, 0.2) is 0 Å². The third-order valence-corrected chi connectivity index (χ3v) is 2.99. The zero-order valence-corrected chi connectivity index (χ0v) is 16.8. The molecule has 160 valence electrons. The molecule has 0 bridgehead atoms. The fraction of sp³-hybridized carbons (Fsp3) is 0.833. The summed E-state index contributed by atoms with van der Waals surface area (Å²) in [5, 5.41) is 107. The molecule has 0 aliphatic rings. The molecule has 14 nitrogen and oxygen atoms in total. The molecule has 0 aromatic carbocycles. The molecule has 15 heteroatoms. The molecule has 0 heterocycles. The average molecular weight is 465 g/mol. The van der Waals surface area contributed by atoms with E-state index in [-0.39, 0.29) is 17.6 Å². The Morgan fingerprint density at radius 3 is 0.963 bits per heavy atom. The molecular weight excluding hydrogens is 441 g/mol. The predicted molar refractivity (Wildman–Crippen MR) is 80.8 cm³/mol. The van der Waals surface area contributed by atoms with E-state index < -0.39 is 74.0 Å². The minimum atomic E-state index is -2.31. The summed E-state index contributed by atoms with van der Waals surface area (Å²) in [6.07, 6.45) is -16.2. The number of aliphatic hydroxyl groups is 10. The molecule has 0 aromatic rings. The van der Waals surface area contributed by atoms with Crippen LogP contribution in [0.5, 0.6) is 0 Å². The Morgan fingerprint density at radius 1 is 0.593 bits per heavy atom. The molecule has 0 radical (unpaired) electrons. The van der Waals surface area contributed by atoms with Crippen molar-refractivity contribution in [3.63, 3.8) is 0 Å². The molecule has 10 N–H and O–H groups in total. The van der Waals surface area contributed by atoms with E-state index >= 15 is 0 Å². The van der Waals surface area contributed by atoms with Crippen molar-refractivity contribution in [1.82, 2.24) is 0 Å². The number of rotatable bonds is 10. The van der Waals surface area contributed by atoms with Crippen LogP contribution in [0.4, 0.5) is 0 Å². The van der Waals surface area contributed by atoms with Gasteiger partial charge in [-0.25, -0.2) is 0 Å². The molecule has 0 spiro atoms. The number of aliphatic carboxylic acids is 2. The van der Waals surface area contributed by atoms with Crippen LogP contribution in [0.1, 0.15) is 0 Å². The van der Waals surface area contributed by atoms with Gasteiger partial charge >= 0.3 is 17.6 Å². The van der Waals surface area contributed by atoms with Gasteiger partial charge in [-0.3, -0.25) is 0 Å². The normalized spacial score (nSPS) is 19.6. The zero-order chi connectivity index (χ0) is 21.2. The summed E-state index contributed by atoms with van der Waals surface area (Å²) in [5.74, 6) is -3.95. The molecule has 8 unspecified atom stereocenters. The van der Waals surface area contributed by atoms with Gasteiger partial charge in [0.1, 0.15) is 48.8 Å². The van der Waals surface area contributed by atoms with Crippen LogP contribution in [-0.4, -0.2) is 143 Å². The standard InChI is InChI=1S/2C6H12O7.GeH2/c2*7-1-2(8)3(9)4(10)5(11)6(12)13;/h2*2-5,7-11H,1H2,(H,12,13);1H2/q;;+2/p-2. The first kappa shape index (κ1) is 30.8. The van der Waals surface area contributed by atoms with E-state index in [1.165, 1.54) is 0 Å². The molecule has 0 saturated carbocycles. The summed E-state index contributed by atoms with van der Waals surface area (Å²) in [6, 6.07) is 0. The Labute approximate surface area is 163 Å². The van der Waals surface area contributed by atoms with Crippen LogP contribution >= 0.6 is 0 Å². The second kappa shape index (κ2) is 15.1. The third kappa shape index (κ3) is 10.9. The molecular formula is C12H24GeO14. The van der Waals surface area contributed by atoms with Crippen molar-refractivity contribution in [1.29, 1.82) is 0 Å². The minimum absolute atomic E-state index is 0. The van der Waals surface area contributed by atoms with Crippen molar-refractivity contribution in [3.05, 3.63) is 0 Å². The van der Waals surface area contributed by atoms with Gasteiger partial charge in [0, 0.05) is 0 Å². The number of carbonyl (C=O) groups is 2. The molecule has 0 aromatic heterocycles. The number of hydrogen-bond acceptors (Lipinski definition) is 14. The first-order chi connectivity index (χ1) is 11.8. The summed E-state index contributed by atoms with van der Waals surface area (Å²) in [6.45, 7) is -1.73. The third-order valence-electron chi connectivity index (χ3n) is 2.99. The SMILES string of the molecule is O=C([O-])C(O)C(O)C(O)C(O)CO.O=C([O-])C(O)C(O)C(O)C(O)CO.[GeH2+2]. The molecule has 0 amide bonds. The number of carbonyl (C=O) groups excluding carboxylic acids is 2. The van der Waals surface area contributed by atoms with Gasteiger partial charge in [-0.1, -0.05) is 0 Å². The fourth-order valence-electron chi connectivity index (χ4n) is 1.32. The van der Waals surface area contributed by atoms with Gasteiger partial charge in [0.2, 0.25) is 0 Å². The van der Waals surface area contributed by atoms with Crippen molar-refractivity contribution in [2.24, 2.45) is 0 Å². The molecule has 0 rings (SSSR count). The number of hydrogen-bond donors (Lipinski definition) is 10. The Balaban J connectivity index is -0.000000411. The van der Waals surface area contributed by atoms with Crippen molar-refractivity contribution in [2.45, 2.75) is 48.8 Å². The quantitative estimate of drug-likeness (QED) is 0.134. The maximum atomic E-state index is 9.98. The molecule has 8 atom stereocenters. The topological polar surface area (TPSA) is 283 Å². The van der Waals surface area contributed by atoms with E-state index in [2.05, 4.69) is 0 Å². The molecule has 27 heavy (non-hydrogen) atoms. The van der Waals surface area contributed by atoms with Crippen LogP contribution in [0.3, 0.4) is 0 Å². The van der Waals surface area contributed by atoms with Crippen molar-refractivity contribution in [3.8, 4) is 0 Å². The number of carboxylic acids is 2. The van der Waals surface area contributed by atoms with Crippen LogP contribution in [-0.2, 0) is 9.59 Å². The number of carboxylic acid groups (broad SMARTS) is 2. The van der Waals surface area contributed by atoms with Crippen LogP contribution in [0.2, 0.25) is 0 Å². The Bertz CT molecular complexity index is 385. The first-order valence-electron chi connectivity index (χ1n) is 6.91. The van der Waals surface area contributed by atoms with Crippen LogP contribution in [0.15, 0.2) is 0 Å². The average Bonchev–Trinajstić information content (AvgIpc) is 2.62. The van der Waals surface area contributed by atoms with E-state index in [1.54, 1.807) is 0 Å². The summed E-state index contributed by atoms with van der Waals surface area (Å²) >= 11 is 0. The molecule has 0 saturated heterocycles. The molecule has 0 aliphatic heterocycles. The van der Waals surface area contributed by atoms with Gasteiger partial charge < -0.3 is 70.9 Å². The van der Waals surface area contributed by atoms with E-state index in [4.69, 9.17) is 51.1 Å². The maximum absolute atomic E-state index is 9.98. The second-order valence-electron chi connectivity index (χ2n) is 4.99. The van der Waals surface area contributed by atoms with Crippen molar-refractivity contribution in [2.75, 3.05) is 13.2 Å². The van der Waals surface area contributed by atoms with Gasteiger partial charge in [-0.15, -0.1) is 0 Å². The molecule has 0 aliphatic carbocycles. The van der Waals surface area contributed by atoms with Crippen LogP contribution in [0, 0.1) is 0 Å². The predicted octanol–water partition coefficient (Wildman–Crippen LogP) is -10.6. The van der Waals surface area contributed by atoms with Gasteiger partial charge in [0.25, 0.3) is 0 Å². The Kier molecular flexibility index (Phi) is 17.2. The van der Waals surface area contributed by atoms with Gasteiger partial charge in [-0.2, -0.15) is 0 Å². The van der Waals surface area contributed by atoms with Gasteiger partial charge in [-0.05, 0) is 0 Å². The van der Waals surface area contributed by atoms with E-state index in [0.717, 1.165) is 0 Å². The summed E-state index contributed by atoms with van der Waals surface area (Å²) in [4.78, 5) is 20.0. The fourth-order valence-corrected chi connectivity index (χ4v) is 1.32. The van der Waals surface area contributed by atoms with E-state index in [9.17, 15) is 19.8 Å². The first-order valence-corrected chi connectivity index (χ1v) is 6.91. The molecule has 0 fully saturated rings. The number of aliphatic hydroxyl groups excluding tert-OH is 10. The monoisotopic (exact) mass is 466 g/mol. The zero-order valence-electron chi connectivity index (χ0n) is 13.8. The van der Waals surface area contributed by atoms with E-state index in [0.29, 0.717) is 0 Å². The van der Waals surface area contributed by atoms with Gasteiger partial charge in [0.05, 0.1) is 25.2 Å². The van der Waals surface area contributed by atoms with Crippen molar-refractivity contribution < 1.29 is 70.9 Å². The van der Waals surface area contributed by atoms with E-state index in [1.807, 2.05) is 0 Å². The Morgan fingerprint density at radius 2 is 0.815 bits per heavy atom. The second-order valence-corrected chi connectivity index (χ2v) is 4.99. The summed E-state index contributed by atoms with van der Waals surface area (Å²) < 4.78 is 0.